The molecule has 1 fully saturated rings. The summed E-state index contributed by atoms with van der Waals surface area (Å²) in [5.41, 5.74) is 2.00. The molecule has 2 aromatic rings. The van der Waals surface area contributed by atoms with E-state index in [4.69, 9.17) is 11.6 Å². The topological polar surface area (TPSA) is 98.3 Å². The maximum atomic E-state index is 12.1. The Morgan fingerprint density at radius 3 is 2.66 bits per heavy atom. The molecule has 0 amide bonds. The first-order chi connectivity index (χ1) is 13.5. The van der Waals surface area contributed by atoms with Gasteiger partial charge in [0, 0.05) is 36.7 Å². The number of benzene rings is 1. The quantitative estimate of drug-likeness (QED) is 0.494. The van der Waals surface area contributed by atoms with Crippen molar-refractivity contribution in [1.29, 1.82) is 0 Å². The van der Waals surface area contributed by atoms with Crippen LogP contribution in [0, 0.1) is 23.0 Å². The zero-order valence-electron chi connectivity index (χ0n) is 16.9. The van der Waals surface area contributed by atoms with E-state index in [0.29, 0.717) is 29.8 Å². The number of hydrogen-bond donors (Lipinski definition) is 0. The van der Waals surface area contributed by atoms with E-state index in [1.807, 2.05) is 11.6 Å². The van der Waals surface area contributed by atoms with E-state index in [-0.39, 0.29) is 10.9 Å². The Labute approximate surface area is 175 Å². The van der Waals surface area contributed by atoms with Gasteiger partial charge in [-0.25, -0.2) is 8.42 Å². The van der Waals surface area contributed by atoms with Gasteiger partial charge in [0.1, 0.15) is 10.0 Å². The van der Waals surface area contributed by atoms with Crippen LogP contribution in [0.2, 0.25) is 5.15 Å². The molecule has 8 nitrogen and oxygen atoms in total. The summed E-state index contributed by atoms with van der Waals surface area (Å²) in [6.45, 7) is 7.53. The van der Waals surface area contributed by atoms with Gasteiger partial charge in [-0.15, -0.1) is 0 Å². The van der Waals surface area contributed by atoms with Gasteiger partial charge < -0.3 is 4.90 Å². The smallest absolute Gasteiger partial charge is 0.288 e. The summed E-state index contributed by atoms with van der Waals surface area (Å²) in [5.74, 6) is 0.395. The maximum Gasteiger partial charge on any atom is 0.288 e. The number of nitrogens with zero attached hydrogens (tertiary/aromatic N) is 4. The molecule has 29 heavy (non-hydrogen) atoms. The normalized spacial score (nSPS) is 17.3. The Balaban J connectivity index is 2.05. The third kappa shape index (κ3) is 4.25. The molecule has 1 saturated heterocycles. The highest BCUT2D eigenvalue weighted by Gasteiger charge is 2.33. The van der Waals surface area contributed by atoms with Gasteiger partial charge in [-0.05, 0) is 37.8 Å². The molecule has 0 aliphatic carbocycles. The summed E-state index contributed by atoms with van der Waals surface area (Å²) in [7, 11) is -3.75. The number of anilines is 1. The Hall–Kier alpha value is -2.13. The molecule has 1 unspecified atom stereocenters. The van der Waals surface area contributed by atoms with E-state index < -0.39 is 20.4 Å². The monoisotopic (exact) mass is 440 g/mol. The van der Waals surface area contributed by atoms with E-state index in [2.05, 4.69) is 23.8 Å². The molecule has 3 rings (SSSR count). The predicted molar refractivity (Wildman–Crippen MR) is 112 cm³/mol. The average molecular weight is 441 g/mol. The summed E-state index contributed by atoms with van der Waals surface area (Å²) in [4.78, 5) is 12.4. The number of sulfone groups is 1. The minimum Gasteiger partial charge on any atom is -0.364 e. The van der Waals surface area contributed by atoms with Crippen molar-refractivity contribution >= 4 is 32.8 Å². The van der Waals surface area contributed by atoms with Crippen molar-refractivity contribution in [3.05, 3.63) is 44.7 Å². The second-order valence-corrected chi connectivity index (χ2v) is 10.2. The maximum absolute atomic E-state index is 12.1. The van der Waals surface area contributed by atoms with Crippen molar-refractivity contribution < 1.29 is 13.3 Å². The lowest BCUT2D eigenvalue weighted by molar-refractivity contribution is -0.387. The van der Waals surface area contributed by atoms with Crippen LogP contribution >= 0.6 is 11.6 Å². The highest BCUT2D eigenvalue weighted by Crippen LogP contribution is 2.42. The second-order valence-electron chi connectivity index (χ2n) is 7.90. The Kier molecular flexibility index (Phi) is 5.91. The molecule has 1 aliphatic rings. The molecule has 0 radical (unpaired) electrons. The zero-order valence-corrected chi connectivity index (χ0v) is 18.5. The van der Waals surface area contributed by atoms with Crippen LogP contribution in [-0.2, 0) is 16.4 Å². The van der Waals surface area contributed by atoms with Crippen LogP contribution in [0.25, 0.3) is 0 Å². The fourth-order valence-corrected chi connectivity index (χ4v) is 5.14. The zero-order chi connectivity index (χ0) is 21.5. The lowest BCUT2D eigenvalue weighted by Crippen LogP contribution is -2.23. The van der Waals surface area contributed by atoms with Crippen molar-refractivity contribution in [3.8, 4) is 0 Å². The summed E-state index contributed by atoms with van der Waals surface area (Å²) in [6.07, 6.45) is 2.73. The second kappa shape index (κ2) is 7.95. The van der Waals surface area contributed by atoms with E-state index in [1.165, 1.54) is 12.1 Å². The van der Waals surface area contributed by atoms with Gasteiger partial charge in [0.2, 0.25) is 0 Å². The third-order valence-electron chi connectivity index (χ3n) is 5.10. The van der Waals surface area contributed by atoms with Crippen molar-refractivity contribution in [3.63, 3.8) is 0 Å². The summed E-state index contributed by atoms with van der Waals surface area (Å²) in [6, 6.07) is 4.20. The molecule has 1 aromatic heterocycles. The van der Waals surface area contributed by atoms with Gasteiger partial charge in [0.15, 0.2) is 9.84 Å². The molecule has 2 heterocycles. The van der Waals surface area contributed by atoms with Crippen LogP contribution in [0.1, 0.15) is 44.0 Å². The molecule has 1 aliphatic heterocycles. The van der Waals surface area contributed by atoms with Crippen molar-refractivity contribution in [2.24, 2.45) is 5.92 Å². The highest BCUT2D eigenvalue weighted by atomic mass is 35.5. The molecule has 0 spiro atoms. The van der Waals surface area contributed by atoms with E-state index in [9.17, 15) is 18.5 Å². The molecule has 0 saturated carbocycles. The molecule has 158 valence electrons. The number of nitro benzene ring substituents is 1. The molecule has 10 heteroatoms. The fraction of sp³-hybridized carbons (Fsp3) is 0.526. The average Bonchev–Trinajstić information content (AvgIpc) is 3.18. The minimum absolute atomic E-state index is 0.0581. The van der Waals surface area contributed by atoms with Crippen molar-refractivity contribution in [2.75, 3.05) is 17.7 Å². The SMILES string of the molecule is Cc1nn(CC(C)C)c(Cl)c1C1CCCN1c1ccc([N+](=O)[O-])c(S(C)(=O)=O)c1. The van der Waals surface area contributed by atoms with E-state index >= 15 is 0 Å². The number of aromatic nitrogens is 2. The molecule has 0 bridgehead atoms. The van der Waals surface area contributed by atoms with Crippen molar-refractivity contribution in [1.82, 2.24) is 9.78 Å². The molecule has 1 atom stereocenters. The first kappa shape index (κ1) is 21.6. The minimum atomic E-state index is -3.75. The van der Waals surface area contributed by atoms with Crippen LogP contribution in [0.4, 0.5) is 11.4 Å². The first-order valence-electron chi connectivity index (χ1n) is 9.48. The van der Waals surface area contributed by atoms with Crippen molar-refractivity contribution in [2.45, 2.75) is 51.1 Å². The first-order valence-corrected chi connectivity index (χ1v) is 11.8. The number of nitro groups is 1. The van der Waals surface area contributed by atoms with Crippen LogP contribution < -0.4 is 4.90 Å². The Morgan fingerprint density at radius 2 is 2.07 bits per heavy atom. The highest BCUT2D eigenvalue weighted by molar-refractivity contribution is 7.90. The predicted octanol–water partition coefficient (Wildman–Crippen LogP) is 4.15. The van der Waals surface area contributed by atoms with Gasteiger partial charge >= 0.3 is 0 Å². The summed E-state index contributed by atoms with van der Waals surface area (Å²) in [5, 5.41) is 16.5. The van der Waals surface area contributed by atoms with Crippen LogP contribution in [0.15, 0.2) is 23.1 Å². The largest absolute Gasteiger partial charge is 0.364 e. The number of halogens is 1. The van der Waals surface area contributed by atoms with Gasteiger partial charge in [0.25, 0.3) is 5.69 Å². The summed E-state index contributed by atoms with van der Waals surface area (Å²) >= 11 is 6.67. The van der Waals surface area contributed by atoms with Gasteiger partial charge in [0.05, 0.1) is 16.7 Å². The number of rotatable bonds is 6. The Bertz CT molecular complexity index is 1050. The van der Waals surface area contributed by atoms with Crippen LogP contribution in [-0.4, -0.2) is 35.9 Å². The molecular weight excluding hydrogens is 416 g/mol. The molecule has 1 aromatic carbocycles. The van der Waals surface area contributed by atoms with E-state index in [0.717, 1.165) is 30.4 Å². The number of aryl methyl sites for hydroxylation is 1. The van der Waals surface area contributed by atoms with Gasteiger partial charge in [-0.1, -0.05) is 25.4 Å². The Morgan fingerprint density at radius 1 is 1.38 bits per heavy atom. The lowest BCUT2D eigenvalue weighted by Gasteiger charge is -2.27. The van der Waals surface area contributed by atoms with E-state index in [1.54, 1.807) is 6.07 Å². The summed E-state index contributed by atoms with van der Waals surface area (Å²) < 4.78 is 26.1. The number of hydrogen-bond acceptors (Lipinski definition) is 6. The standard InChI is InChI=1S/C19H25ClN4O4S/c1-12(2)11-23-19(20)18(13(3)21-23)16-6-5-9-22(16)14-7-8-15(24(25)26)17(10-14)29(4,27)28/h7-8,10,12,16H,5-6,9,11H2,1-4H3. The third-order valence-corrected chi connectivity index (χ3v) is 6.63. The molecular formula is C19H25ClN4O4S. The molecule has 0 N–H and O–H groups in total. The van der Waals surface area contributed by atoms with Gasteiger partial charge in [-0.2, -0.15) is 5.10 Å². The lowest BCUT2D eigenvalue weighted by atomic mass is 10.1. The van der Waals surface area contributed by atoms with Crippen LogP contribution in [0.3, 0.4) is 0 Å². The fourth-order valence-electron chi connectivity index (χ4n) is 3.92. The van der Waals surface area contributed by atoms with Gasteiger partial charge in [-0.3, -0.25) is 14.8 Å². The van der Waals surface area contributed by atoms with Crippen LogP contribution in [0.5, 0.6) is 0 Å².